The second kappa shape index (κ2) is 6.43. The van der Waals surface area contributed by atoms with Crippen molar-refractivity contribution < 1.29 is 28.6 Å². The Hall–Kier alpha value is -1.74. The van der Waals surface area contributed by atoms with Gasteiger partial charge in [0.2, 0.25) is 0 Å². The predicted molar refractivity (Wildman–Crippen MR) is 64.7 cm³/mol. The maximum absolute atomic E-state index is 13.3. The van der Waals surface area contributed by atoms with Crippen LogP contribution in [0.1, 0.15) is 0 Å². The summed E-state index contributed by atoms with van der Waals surface area (Å²) in [6.45, 7) is -0.596. The van der Waals surface area contributed by atoms with E-state index < -0.39 is 42.0 Å². The van der Waals surface area contributed by atoms with Crippen LogP contribution in [-0.4, -0.2) is 34.9 Å². The molecule has 0 unspecified atom stereocenters. The Morgan fingerprint density at radius 2 is 1.84 bits per heavy atom. The van der Waals surface area contributed by atoms with Gasteiger partial charge in [0.15, 0.2) is 17.7 Å². The normalized spacial score (nSPS) is 11.8. The summed E-state index contributed by atoms with van der Waals surface area (Å²) < 4.78 is 26.8. The molecule has 0 fully saturated rings. The summed E-state index contributed by atoms with van der Waals surface area (Å²) >= 11 is 2.87. The van der Waals surface area contributed by atoms with E-state index in [0.717, 1.165) is 12.1 Å². The molecular formula is C10H9BrF2N2O4. The van der Waals surface area contributed by atoms with Crippen molar-refractivity contribution in [3.63, 3.8) is 0 Å². The molecule has 104 valence electrons. The Morgan fingerprint density at radius 3 is 2.32 bits per heavy atom. The lowest BCUT2D eigenvalue weighted by Crippen LogP contribution is -2.39. The highest BCUT2D eigenvalue weighted by Crippen LogP contribution is 2.23. The highest BCUT2D eigenvalue weighted by molar-refractivity contribution is 9.10. The van der Waals surface area contributed by atoms with Gasteiger partial charge in [0.1, 0.15) is 5.69 Å². The number of carbonyl (C=O) groups is 2. The number of amides is 2. The van der Waals surface area contributed by atoms with E-state index in [-0.39, 0.29) is 4.47 Å². The number of carboxylic acids is 1. The van der Waals surface area contributed by atoms with Crippen molar-refractivity contribution in [2.75, 3.05) is 11.9 Å². The van der Waals surface area contributed by atoms with Crippen molar-refractivity contribution >= 4 is 33.6 Å². The summed E-state index contributed by atoms with van der Waals surface area (Å²) in [7, 11) is 0. The first-order chi connectivity index (χ1) is 8.81. The van der Waals surface area contributed by atoms with Gasteiger partial charge in [0, 0.05) is 4.47 Å². The molecule has 1 aromatic rings. The number of aliphatic hydroxyl groups excluding tert-OH is 1. The van der Waals surface area contributed by atoms with E-state index in [4.69, 9.17) is 10.2 Å². The van der Waals surface area contributed by atoms with Gasteiger partial charge in [-0.25, -0.2) is 18.4 Å². The highest BCUT2D eigenvalue weighted by Gasteiger charge is 2.16. The number of carbonyl (C=O) groups excluding carboxylic acids is 1. The van der Waals surface area contributed by atoms with Gasteiger partial charge in [-0.15, -0.1) is 0 Å². The van der Waals surface area contributed by atoms with E-state index >= 15 is 0 Å². The number of anilines is 1. The molecule has 0 aliphatic rings. The van der Waals surface area contributed by atoms with Gasteiger partial charge in [0.25, 0.3) is 0 Å². The number of halogens is 3. The Kier molecular flexibility index (Phi) is 5.19. The minimum atomic E-state index is -1.80. The summed E-state index contributed by atoms with van der Waals surface area (Å²) in [5.41, 5.74) is -0.675. The number of nitrogens with one attached hydrogen (secondary N) is 2. The van der Waals surface area contributed by atoms with Crippen LogP contribution in [0.5, 0.6) is 0 Å². The molecular weight excluding hydrogens is 330 g/mol. The highest BCUT2D eigenvalue weighted by atomic mass is 79.9. The van der Waals surface area contributed by atoms with Gasteiger partial charge in [-0.05, 0) is 12.1 Å². The molecule has 0 spiro atoms. The van der Waals surface area contributed by atoms with Crippen LogP contribution in [0.25, 0.3) is 0 Å². The third kappa shape index (κ3) is 4.45. The van der Waals surface area contributed by atoms with Crippen LogP contribution in [0.2, 0.25) is 0 Å². The molecule has 0 aromatic heterocycles. The van der Waals surface area contributed by atoms with Crippen molar-refractivity contribution in [1.82, 2.24) is 5.32 Å². The lowest BCUT2D eigenvalue weighted by molar-refractivity contribution is -0.146. The van der Waals surface area contributed by atoms with Crippen molar-refractivity contribution in [3.05, 3.63) is 28.2 Å². The average Bonchev–Trinajstić information content (AvgIpc) is 2.30. The molecule has 0 aliphatic carbocycles. The summed E-state index contributed by atoms with van der Waals surface area (Å²) in [5, 5.41) is 21.1. The van der Waals surface area contributed by atoms with Gasteiger partial charge < -0.3 is 20.8 Å². The van der Waals surface area contributed by atoms with Gasteiger partial charge in [-0.3, -0.25) is 0 Å². The predicted octanol–water partition coefficient (Wildman–Crippen LogP) is 1.29. The van der Waals surface area contributed by atoms with Crippen LogP contribution < -0.4 is 10.6 Å². The minimum absolute atomic E-state index is 0.162. The fourth-order valence-corrected chi connectivity index (χ4v) is 1.50. The van der Waals surface area contributed by atoms with Crippen molar-refractivity contribution in [2.45, 2.75) is 6.10 Å². The number of carboxylic acid groups (broad SMARTS) is 1. The SMILES string of the molecule is O=C(NC[C@H](O)C(=O)O)Nc1c(F)cc(Br)cc1F. The smallest absolute Gasteiger partial charge is 0.334 e. The standard InChI is InChI=1S/C10H9BrF2N2O4/c11-4-1-5(12)8(6(13)2-4)15-10(19)14-3-7(16)9(17)18/h1-2,7,16H,3H2,(H,17,18)(H2,14,15,19)/t7-/m0/s1. The Morgan fingerprint density at radius 1 is 1.32 bits per heavy atom. The maximum Gasteiger partial charge on any atom is 0.334 e. The van der Waals surface area contributed by atoms with Crippen molar-refractivity contribution in [1.29, 1.82) is 0 Å². The molecule has 6 nitrogen and oxygen atoms in total. The summed E-state index contributed by atoms with van der Waals surface area (Å²) in [4.78, 5) is 21.5. The van der Waals surface area contributed by atoms with Gasteiger partial charge in [-0.2, -0.15) is 0 Å². The first-order valence-corrected chi connectivity index (χ1v) is 5.71. The van der Waals surface area contributed by atoms with E-state index in [2.05, 4.69) is 15.9 Å². The topological polar surface area (TPSA) is 98.7 Å². The van der Waals surface area contributed by atoms with Crippen LogP contribution in [0.15, 0.2) is 16.6 Å². The molecule has 9 heteroatoms. The van der Waals surface area contributed by atoms with E-state index in [9.17, 15) is 18.4 Å². The van der Waals surface area contributed by atoms with Crippen molar-refractivity contribution in [2.24, 2.45) is 0 Å². The molecule has 0 aliphatic heterocycles. The molecule has 0 saturated heterocycles. The molecule has 0 bridgehead atoms. The number of rotatable bonds is 4. The summed E-state index contributed by atoms with van der Waals surface area (Å²) in [6, 6.07) is 0.857. The van der Waals surface area contributed by atoms with Gasteiger partial charge in [-0.1, -0.05) is 15.9 Å². The van der Waals surface area contributed by atoms with Crippen LogP contribution >= 0.6 is 15.9 Å². The first kappa shape index (κ1) is 15.3. The number of hydrogen-bond donors (Lipinski definition) is 4. The largest absolute Gasteiger partial charge is 0.479 e. The molecule has 4 N–H and O–H groups in total. The summed E-state index contributed by atoms with van der Waals surface area (Å²) in [5.74, 6) is -3.53. The second-order valence-corrected chi connectivity index (χ2v) is 4.35. The third-order valence-corrected chi connectivity index (χ3v) is 2.44. The number of benzene rings is 1. The molecule has 0 heterocycles. The quantitative estimate of drug-likeness (QED) is 0.664. The van der Waals surface area contributed by atoms with Crippen LogP contribution in [0.4, 0.5) is 19.3 Å². The van der Waals surface area contributed by atoms with E-state index in [1.165, 1.54) is 0 Å². The number of aliphatic hydroxyl groups is 1. The Balaban J connectivity index is 2.65. The first-order valence-electron chi connectivity index (χ1n) is 4.91. The molecule has 19 heavy (non-hydrogen) atoms. The average molecular weight is 339 g/mol. The van der Waals surface area contributed by atoms with E-state index in [0.29, 0.717) is 0 Å². The Labute approximate surface area is 114 Å². The Bertz CT molecular complexity index is 489. The van der Waals surface area contributed by atoms with Crippen LogP contribution in [0.3, 0.4) is 0 Å². The van der Waals surface area contributed by atoms with E-state index in [1.54, 1.807) is 0 Å². The fourth-order valence-electron chi connectivity index (χ4n) is 1.10. The number of aliphatic carboxylic acids is 1. The zero-order valence-corrected chi connectivity index (χ0v) is 10.9. The number of hydrogen-bond acceptors (Lipinski definition) is 3. The third-order valence-electron chi connectivity index (χ3n) is 1.99. The van der Waals surface area contributed by atoms with Crippen molar-refractivity contribution in [3.8, 4) is 0 Å². The molecule has 1 rings (SSSR count). The minimum Gasteiger partial charge on any atom is -0.479 e. The fraction of sp³-hybridized carbons (Fsp3) is 0.200. The zero-order chi connectivity index (χ0) is 14.6. The number of urea groups is 1. The van der Waals surface area contributed by atoms with Crippen LogP contribution in [0, 0.1) is 11.6 Å². The van der Waals surface area contributed by atoms with E-state index in [1.807, 2.05) is 10.6 Å². The molecule has 1 aromatic carbocycles. The lowest BCUT2D eigenvalue weighted by Gasteiger charge is -2.10. The second-order valence-electron chi connectivity index (χ2n) is 3.43. The zero-order valence-electron chi connectivity index (χ0n) is 9.28. The molecule has 2 amide bonds. The molecule has 0 radical (unpaired) electrons. The molecule has 0 saturated carbocycles. The van der Waals surface area contributed by atoms with Gasteiger partial charge in [0.05, 0.1) is 6.54 Å². The maximum atomic E-state index is 13.3. The summed E-state index contributed by atoms with van der Waals surface area (Å²) in [6.07, 6.45) is -1.80. The van der Waals surface area contributed by atoms with Crippen LogP contribution in [-0.2, 0) is 4.79 Å². The molecule has 1 atom stereocenters. The van der Waals surface area contributed by atoms with Gasteiger partial charge >= 0.3 is 12.0 Å². The monoisotopic (exact) mass is 338 g/mol. The lowest BCUT2D eigenvalue weighted by atomic mass is 10.3.